The molecule has 0 saturated carbocycles. The number of ether oxygens (including phenoxy) is 1. The van der Waals surface area contributed by atoms with Crippen molar-refractivity contribution in [3.05, 3.63) is 17.8 Å². The number of aromatic nitrogens is 1. The summed E-state index contributed by atoms with van der Waals surface area (Å²) in [5, 5.41) is 0.660. The molecule has 0 saturated heterocycles. The Labute approximate surface area is 105 Å². The number of nitrogens with two attached hydrogens (primary N) is 1. The quantitative estimate of drug-likeness (QED) is 0.628. The molecule has 0 bridgehead atoms. The molecule has 0 aliphatic rings. The van der Waals surface area contributed by atoms with Crippen LogP contribution < -0.4 is 5.73 Å². The average Bonchev–Trinajstić information content (AvgIpc) is 2.29. The lowest BCUT2D eigenvalue weighted by molar-refractivity contribution is 0.0596. The lowest BCUT2D eigenvalue weighted by Crippen LogP contribution is -2.15. The Morgan fingerprint density at radius 1 is 1.59 bits per heavy atom. The van der Waals surface area contributed by atoms with Gasteiger partial charge in [-0.05, 0) is 20.2 Å². The van der Waals surface area contributed by atoms with Crippen LogP contribution in [0.2, 0.25) is 0 Å². The van der Waals surface area contributed by atoms with Gasteiger partial charge < -0.3 is 15.4 Å². The van der Waals surface area contributed by atoms with Gasteiger partial charge in [0, 0.05) is 12.3 Å². The van der Waals surface area contributed by atoms with Crippen molar-refractivity contribution in [1.29, 1.82) is 0 Å². The van der Waals surface area contributed by atoms with Gasteiger partial charge in [0.15, 0.2) is 0 Å². The van der Waals surface area contributed by atoms with Gasteiger partial charge in [0.1, 0.15) is 5.03 Å². The molecule has 17 heavy (non-hydrogen) atoms. The molecule has 0 fully saturated rings. The zero-order chi connectivity index (χ0) is 12.8. The first-order valence-corrected chi connectivity index (χ1v) is 6.14. The summed E-state index contributed by atoms with van der Waals surface area (Å²) in [6.07, 6.45) is 1.55. The fourth-order valence-electron chi connectivity index (χ4n) is 1.16. The van der Waals surface area contributed by atoms with Crippen LogP contribution in [0.5, 0.6) is 0 Å². The third kappa shape index (κ3) is 4.24. The molecular weight excluding hydrogens is 238 g/mol. The second-order valence-electron chi connectivity index (χ2n) is 3.76. The van der Waals surface area contributed by atoms with Crippen molar-refractivity contribution in [2.45, 2.75) is 5.03 Å². The lowest BCUT2D eigenvalue weighted by atomic mass is 10.3. The van der Waals surface area contributed by atoms with Crippen LogP contribution in [0.1, 0.15) is 10.4 Å². The van der Waals surface area contributed by atoms with Crippen LogP contribution in [-0.2, 0) is 4.74 Å². The monoisotopic (exact) mass is 255 g/mol. The number of pyridine rings is 1. The molecule has 1 aromatic rings. The van der Waals surface area contributed by atoms with Crippen molar-refractivity contribution in [1.82, 2.24) is 9.88 Å². The van der Waals surface area contributed by atoms with E-state index in [4.69, 9.17) is 10.5 Å². The Balaban J connectivity index is 2.79. The zero-order valence-corrected chi connectivity index (χ0v) is 11.1. The number of nitrogens with zero attached hydrogens (tertiary/aromatic N) is 2. The van der Waals surface area contributed by atoms with Gasteiger partial charge >= 0.3 is 5.97 Å². The number of carbonyl (C=O) groups excluding carboxylic acids is 1. The Kier molecular flexibility index (Phi) is 5.24. The summed E-state index contributed by atoms with van der Waals surface area (Å²) < 4.78 is 4.70. The summed E-state index contributed by atoms with van der Waals surface area (Å²) in [6, 6.07) is 1.59. The Hall–Kier alpha value is -1.27. The summed E-state index contributed by atoms with van der Waals surface area (Å²) >= 11 is 1.52. The van der Waals surface area contributed by atoms with Crippen molar-refractivity contribution in [2.75, 3.05) is 39.2 Å². The Morgan fingerprint density at radius 2 is 2.29 bits per heavy atom. The van der Waals surface area contributed by atoms with Crippen LogP contribution >= 0.6 is 11.8 Å². The van der Waals surface area contributed by atoms with E-state index in [-0.39, 0.29) is 0 Å². The van der Waals surface area contributed by atoms with E-state index in [9.17, 15) is 4.79 Å². The van der Waals surface area contributed by atoms with Gasteiger partial charge in [-0.25, -0.2) is 9.78 Å². The summed E-state index contributed by atoms with van der Waals surface area (Å²) in [4.78, 5) is 17.8. The second-order valence-corrected chi connectivity index (χ2v) is 4.85. The minimum absolute atomic E-state index is 0.405. The summed E-state index contributed by atoms with van der Waals surface area (Å²) in [5.41, 5.74) is 6.50. The summed E-state index contributed by atoms with van der Waals surface area (Å²) in [6.45, 7) is 0.914. The molecule has 1 aromatic heterocycles. The normalized spacial score (nSPS) is 10.6. The van der Waals surface area contributed by atoms with E-state index in [0.29, 0.717) is 16.3 Å². The second kappa shape index (κ2) is 6.46. The minimum atomic E-state index is -0.405. The van der Waals surface area contributed by atoms with Crippen LogP contribution in [0.15, 0.2) is 17.3 Å². The van der Waals surface area contributed by atoms with Crippen LogP contribution in [0.4, 0.5) is 5.69 Å². The molecule has 0 spiro atoms. The first-order chi connectivity index (χ1) is 8.04. The zero-order valence-electron chi connectivity index (χ0n) is 10.3. The van der Waals surface area contributed by atoms with E-state index < -0.39 is 5.97 Å². The van der Waals surface area contributed by atoms with E-state index >= 15 is 0 Å². The van der Waals surface area contributed by atoms with E-state index in [1.807, 2.05) is 14.1 Å². The molecule has 1 heterocycles. The van der Waals surface area contributed by atoms with Crippen molar-refractivity contribution in [2.24, 2.45) is 0 Å². The number of nitrogen functional groups attached to an aromatic ring is 1. The van der Waals surface area contributed by atoms with Gasteiger partial charge in [-0.3, -0.25) is 0 Å². The SMILES string of the molecule is COC(=O)c1cc(N)cnc1SCCN(C)C. The topological polar surface area (TPSA) is 68.5 Å². The van der Waals surface area contributed by atoms with Crippen molar-refractivity contribution in [3.63, 3.8) is 0 Å². The maximum absolute atomic E-state index is 11.5. The number of anilines is 1. The van der Waals surface area contributed by atoms with E-state index in [1.54, 1.807) is 12.3 Å². The van der Waals surface area contributed by atoms with Gasteiger partial charge in [-0.1, -0.05) is 0 Å². The average molecular weight is 255 g/mol. The Bertz CT molecular complexity index is 396. The van der Waals surface area contributed by atoms with Gasteiger partial charge in [-0.2, -0.15) is 0 Å². The molecule has 5 nitrogen and oxygen atoms in total. The molecular formula is C11H17N3O2S. The number of esters is 1. The molecule has 0 atom stereocenters. The van der Waals surface area contributed by atoms with Crippen molar-refractivity contribution >= 4 is 23.4 Å². The predicted octanol–water partition coefficient (Wildman–Crippen LogP) is 1.10. The standard InChI is InChI=1S/C11H17N3O2S/c1-14(2)4-5-17-10-9(11(15)16-3)6-8(12)7-13-10/h6-7H,4-5,12H2,1-3H3. The van der Waals surface area contributed by atoms with Gasteiger partial charge in [0.05, 0.1) is 24.6 Å². The van der Waals surface area contributed by atoms with Crippen LogP contribution in [0.25, 0.3) is 0 Å². The van der Waals surface area contributed by atoms with E-state index in [2.05, 4.69) is 9.88 Å². The molecule has 1 rings (SSSR count). The lowest BCUT2D eigenvalue weighted by Gasteiger charge is -2.10. The third-order valence-electron chi connectivity index (χ3n) is 2.05. The van der Waals surface area contributed by atoms with E-state index in [0.717, 1.165) is 12.3 Å². The largest absolute Gasteiger partial charge is 0.465 e. The third-order valence-corrected chi connectivity index (χ3v) is 3.04. The van der Waals surface area contributed by atoms with Gasteiger partial charge in [0.25, 0.3) is 0 Å². The summed E-state index contributed by atoms with van der Waals surface area (Å²) in [5.74, 6) is 0.450. The van der Waals surface area contributed by atoms with E-state index in [1.165, 1.54) is 18.9 Å². The summed E-state index contributed by atoms with van der Waals surface area (Å²) in [7, 11) is 5.34. The minimum Gasteiger partial charge on any atom is -0.465 e. The highest BCUT2D eigenvalue weighted by Crippen LogP contribution is 2.22. The maximum Gasteiger partial charge on any atom is 0.340 e. The first kappa shape index (κ1) is 13.8. The molecule has 0 aliphatic heterocycles. The molecule has 0 aliphatic carbocycles. The molecule has 0 unspecified atom stereocenters. The first-order valence-electron chi connectivity index (χ1n) is 5.16. The number of carbonyl (C=O) groups is 1. The fourth-order valence-corrected chi connectivity index (χ4v) is 2.24. The molecule has 0 aromatic carbocycles. The molecule has 2 N–H and O–H groups in total. The number of hydrogen-bond donors (Lipinski definition) is 1. The fraction of sp³-hybridized carbons (Fsp3) is 0.455. The molecule has 94 valence electrons. The highest BCUT2D eigenvalue weighted by Gasteiger charge is 2.14. The predicted molar refractivity (Wildman–Crippen MR) is 69.3 cm³/mol. The van der Waals surface area contributed by atoms with Crippen LogP contribution in [0.3, 0.4) is 0 Å². The number of methoxy groups -OCH3 is 1. The van der Waals surface area contributed by atoms with Gasteiger partial charge in [0.2, 0.25) is 0 Å². The Morgan fingerprint density at radius 3 is 2.88 bits per heavy atom. The van der Waals surface area contributed by atoms with Crippen LogP contribution in [-0.4, -0.2) is 49.4 Å². The smallest absolute Gasteiger partial charge is 0.340 e. The number of thioether (sulfide) groups is 1. The maximum atomic E-state index is 11.5. The van der Waals surface area contributed by atoms with Gasteiger partial charge in [-0.15, -0.1) is 11.8 Å². The highest BCUT2D eigenvalue weighted by atomic mass is 32.2. The van der Waals surface area contributed by atoms with Crippen molar-refractivity contribution in [3.8, 4) is 0 Å². The molecule has 0 radical (unpaired) electrons. The number of hydrogen-bond acceptors (Lipinski definition) is 6. The highest BCUT2D eigenvalue weighted by molar-refractivity contribution is 7.99. The van der Waals surface area contributed by atoms with Crippen molar-refractivity contribution < 1.29 is 9.53 Å². The molecule has 6 heteroatoms. The van der Waals surface area contributed by atoms with Crippen LogP contribution in [0, 0.1) is 0 Å². The molecule has 0 amide bonds. The number of rotatable bonds is 5.